The third kappa shape index (κ3) is 4.01. The number of esters is 1. The molecular weight excluding hydrogens is 392 g/mol. The Morgan fingerprint density at radius 3 is 2.33 bits per heavy atom. The van der Waals surface area contributed by atoms with Gasteiger partial charge in [-0.25, -0.2) is 4.79 Å². The zero-order valence-electron chi connectivity index (χ0n) is 14.9. The van der Waals surface area contributed by atoms with Gasteiger partial charge in [-0.3, -0.25) is 4.79 Å². The van der Waals surface area contributed by atoms with Crippen molar-refractivity contribution in [2.45, 2.75) is 6.54 Å². The number of hydrogen-bond donors (Lipinski definition) is 1. The Morgan fingerprint density at radius 2 is 1.74 bits per heavy atom. The van der Waals surface area contributed by atoms with Gasteiger partial charge in [0.25, 0.3) is 0 Å². The Kier molecular flexibility index (Phi) is 5.57. The Balaban J connectivity index is 1.89. The smallest absolute Gasteiger partial charge is 0.354 e. The molecule has 0 unspecified atom stereocenters. The minimum atomic E-state index is -0.523. The highest BCUT2D eigenvalue weighted by Gasteiger charge is 2.20. The van der Waals surface area contributed by atoms with Crippen LogP contribution in [0.1, 0.15) is 10.5 Å². The normalized spacial score (nSPS) is 10.7. The first kappa shape index (κ1) is 19.1. The molecule has 0 aliphatic rings. The summed E-state index contributed by atoms with van der Waals surface area (Å²) in [6.45, 7) is -0.0828. The molecule has 0 radical (unpaired) electrons. The van der Waals surface area contributed by atoms with Crippen LogP contribution >= 0.6 is 22.9 Å². The number of anilines is 1. The van der Waals surface area contributed by atoms with Gasteiger partial charge in [-0.1, -0.05) is 11.6 Å². The maximum absolute atomic E-state index is 12.6. The van der Waals surface area contributed by atoms with Crippen LogP contribution in [0.15, 0.2) is 30.3 Å². The van der Waals surface area contributed by atoms with Gasteiger partial charge in [-0.05, 0) is 12.1 Å². The van der Waals surface area contributed by atoms with Crippen LogP contribution in [0, 0.1) is 0 Å². The molecule has 1 aromatic carbocycles. The number of halogens is 1. The van der Waals surface area contributed by atoms with Crippen molar-refractivity contribution in [1.29, 1.82) is 0 Å². The summed E-state index contributed by atoms with van der Waals surface area (Å²) in [6.07, 6.45) is 0. The molecule has 9 heteroatoms. The Hall–Kier alpha value is -2.71. The van der Waals surface area contributed by atoms with Crippen LogP contribution in [-0.4, -0.2) is 37.8 Å². The molecule has 1 amide bonds. The van der Waals surface area contributed by atoms with E-state index in [4.69, 9.17) is 25.8 Å². The quantitative estimate of drug-likeness (QED) is 0.627. The number of ether oxygens (including phenoxy) is 3. The summed E-state index contributed by atoms with van der Waals surface area (Å²) in [6, 6.07) is 8.44. The fraction of sp³-hybridized carbons (Fsp3) is 0.222. The molecule has 0 bridgehead atoms. The van der Waals surface area contributed by atoms with Gasteiger partial charge in [0.1, 0.15) is 23.7 Å². The highest BCUT2D eigenvalue weighted by atomic mass is 35.5. The summed E-state index contributed by atoms with van der Waals surface area (Å²) in [5.41, 5.74) is 1.50. The molecule has 3 rings (SSSR count). The first-order valence-electron chi connectivity index (χ1n) is 7.85. The highest BCUT2D eigenvalue weighted by molar-refractivity contribution is 7.22. The van der Waals surface area contributed by atoms with Crippen LogP contribution in [-0.2, 0) is 16.1 Å². The number of amides is 1. The van der Waals surface area contributed by atoms with E-state index >= 15 is 0 Å². The van der Waals surface area contributed by atoms with Crippen molar-refractivity contribution in [1.82, 2.24) is 4.57 Å². The fourth-order valence-electron chi connectivity index (χ4n) is 2.68. The summed E-state index contributed by atoms with van der Waals surface area (Å²) < 4.78 is 18.2. The van der Waals surface area contributed by atoms with E-state index in [9.17, 15) is 9.59 Å². The number of nitrogens with zero attached hydrogens (tertiary/aromatic N) is 1. The maximum atomic E-state index is 12.6. The van der Waals surface area contributed by atoms with Gasteiger partial charge in [-0.15, -0.1) is 11.3 Å². The van der Waals surface area contributed by atoms with Crippen LogP contribution in [0.4, 0.5) is 5.69 Å². The van der Waals surface area contributed by atoms with Crippen LogP contribution < -0.4 is 14.8 Å². The lowest BCUT2D eigenvalue weighted by Crippen LogP contribution is -2.21. The lowest BCUT2D eigenvalue weighted by atomic mass is 10.2. The maximum Gasteiger partial charge on any atom is 0.354 e. The van der Waals surface area contributed by atoms with Crippen molar-refractivity contribution in [3.63, 3.8) is 0 Å². The molecule has 2 aromatic heterocycles. The topological polar surface area (TPSA) is 78.8 Å². The van der Waals surface area contributed by atoms with Crippen molar-refractivity contribution in [2.24, 2.45) is 0 Å². The van der Waals surface area contributed by atoms with Gasteiger partial charge in [-0.2, -0.15) is 0 Å². The molecule has 0 spiro atoms. The van der Waals surface area contributed by atoms with E-state index in [1.165, 1.54) is 32.7 Å². The van der Waals surface area contributed by atoms with E-state index < -0.39 is 5.97 Å². The molecule has 27 heavy (non-hydrogen) atoms. The average Bonchev–Trinajstić information content (AvgIpc) is 3.17. The molecule has 0 atom stereocenters. The lowest BCUT2D eigenvalue weighted by molar-refractivity contribution is -0.116. The second-order valence-corrected chi connectivity index (χ2v) is 7.27. The van der Waals surface area contributed by atoms with Gasteiger partial charge in [0.15, 0.2) is 0 Å². The number of carbonyl (C=O) groups excluding carboxylic acids is 2. The van der Waals surface area contributed by atoms with E-state index in [1.807, 2.05) is 0 Å². The van der Waals surface area contributed by atoms with Crippen LogP contribution in [0.25, 0.3) is 10.2 Å². The number of aromatic nitrogens is 1. The zero-order valence-corrected chi connectivity index (χ0v) is 16.4. The SMILES string of the molecule is COC(=O)c1cc2sc(Cl)cc2n1CC(=O)Nc1cc(OC)cc(OC)c1. The molecular formula is C18H17ClN2O5S. The van der Waals surface area contributed by atoms with E-state index in [0.717, 1.165) is 4.70 Å². The summed E-state index contributed by atoms with van der Waals surface area (Å²) >= 11 is 7.38. The van der Waals surface area contributed by atoms with Crippen LogP contribution in [0.5, 0.6) is 11.5 Å². The van der Waals surface area contributed by atoms with Gasteiger partial charge in [0, 0.05) is 23.9 Å². The second-order valence-electron chi connectivity index (χ2n) is 5.56. The highest BCUT2D eigenvalue weighted by Crippen LogP contribution is 2.32. The van der Waals surface area contributed by atoms with Gasteiger partial charge in [0.2, 0.25) is 5.91 Å². The minimum absolute atomic E-state index is 0.0828. The standard InChI is InChI=1S/C18H17ClN2O5S/c1-24-11-4-10(5-12(6-11)25-2)20-17(22)9-21-13-8-16(19)27-15(13)7-14(21)18(23)26-3/h4-8H,9H2,1-3H3,(H,20,22). The first-order valence-corrected chi connectivity index (χ1v) is 9.04. The number of rotatable bonds is 6. The van der Waals surface area contributed by atoms with E-state index in [0.29, 0.717) is 27.0 Å². The lowest BCUT2D eigenvalue weighted by Gasteiger charge is -2.12. The number of hydrogen-bond acceptors (Lipinski definition) is 6. The first-order chi connectivity index (χ1) is 12.9. The average molecular weight is 409 g/mol. The predicted octanol–water partition coefficient (Wildman–Crippen LogP) is 3.80. The molecule has 1 N–H and O–H groups in total. The number of thiophene rings is 1. The number of fused-ring (bicyclic) bond motifs is 1. The molecule has 7 nitrogen and oxygen atoms in total. The number of nitrogens with one attached hydrogen (secondary N) is 1. The summed E-state index contributed by atoms with van der Waals surface area (Å²) in [5.74, 6) is 0.251. The fourth-order valence-corrected chi connectivity index (χ4v) is 3.86. The molecule has 0 fully saturated rings. The van der Waals surface area contributed by atoms with Crippen LogP contribution in [0.2, 0.25) is 4.34 Å². The molecule has 142 valence electrons. The van der Waals surface area contributed by atoms with E-state index in [2.05, 4.69) is 5.32 Å². The summed E-state index contributed by atoms with van der Waals surface area (Å²) in [5, 5.41) is 2.78. The third-order valence-corrected chi connectivity index (χ3v) is 5.09. The Bertz CT molecular complexity index is 989. The molecule has 0 saturated carbocycles. The molecule has 0 aliphatic carbocycles. The second kappa shape index (κ2) is 7.89. The Morgan fingerprint density at radius 1 is 1.07 bits per heavy atom. The van der Waals surface area contributed by atoms with Gasteiger partial charge < -0.3 is 24.1 Å². The molecule has 3 aromatic rings. The van der Waals surface area contributed by atoms with Gasteiger partial charge >= 0.3 is 5.97 Å². The van der Waals surface area contributed by atoms with E-state index in [1.54, 1.807) is 34.9 Å². The third-order valence-electron chi connectivity index (χ3n) is 3.89. The van der Waals surface area contributed by atoms with Gasteiger partial charge in [0.05, 0.1) is 35.9 Å². The van der Waals surface area contributed by atoms with Crippen LogP contribution in [0.3, 0.4) is 0 Å². The van der Waals surface area contributed by atoms with Crippen molar-refractivity contribution in [3.8, 4) is 11.5 Å². The molecule has 2 heterocycles. The number of methoxy groups -OCH3 is 3. The largest absolute Gasteiger partial charge is 0.497 e. The van der Waals surface area contributed by atoms with Crippen molar-refractivity contribution >= 4 is 50.7 Å². The summed E-state index contributed by atoms with van der Waals surface area (Å²) in [7, 11) is 4.35. The number of benzene rings is 1. The van der Waals surface area contributed by atoms with Crippen molar-refractivity contribution in [2.75, 3.05) is 26.6 Å². The predicted molar refractivity (Wildman–Crippen MR) is 104 cm³/mol. The molecule has 0 saturated heterocycles. The zero-order chi connectivity index (χ0) is 19.6. The minimum Gasteiger partial charge on any atom is -0.497 e. The molecule has 0 aliphatic heterocycles. The van der Waals surface area contributed by atoms with E-state index in [-0.39, 0.29) is 18.1 Å². The Labute approximate surface area is 164 Å². The number of carbonyl (C=O) groups is 2. The monoisotopic (exact) mass is 408 g/mol. The van der Waals surface area contributed by atoms with Crippen molar-refractivity contribution < 1.29 is 23.8 Å². The summed E-state index contributed by atoms with van der Waals surface area (Å²) in [4.78, 5) is 24.7. The van der Waals surface area contributed by atoms with Crippen molar-refractivity contribution in [3.05, 3.63) is 40.4 Å².